The van der Waals surface area contributed by atoms with Crippen LogP contribution in [0.5, 0.6) is 0 Å². The molecule has 13 aromatic rings. The molecule has 0 aliphatic rings. The number of benzene rings is 9. The molecule has 0 unspecified atom stereocenters. The van der Waals surface area contributed by atoms with Crippen molar-refractivity contribution in [3.05, 3.63) is 218 Å². The van der Waals surface area contributed by atoms with Gasteiger partial charge >= 0.3 is 0 Å². The van der Waals surface area contributed by atoms with Gasteiger partial charge in [0, 0.05) is 69.8 Å². The van der Waals surface area contributed by atoms with Crippen molar-refractivity contribution in [2.75, 3.05) is 0 Å². The maximum atomic E-state index is 5.38. The summed E-state index contributed by atoms with van der Waals surface area (Å²) >= 11 is 1.85. The van der Waals surface area contributed by atoms with Crippen molar-refractivity contribution in [2.24, 2.45) is 0 Å². The third-order valence-electron chi connectivity index (χ3n) is 12.5. The van der Waals surface area contributed by atoms with Crippen LogP contribution >= 0.6 is 11.3 Å². The monoisotopic (exact) mass is 820 g/mol. The van der Waals surface area contributed by atoms with E-state index in [1.165, 1.54) is 52.8 Å². The highest BCUT2D eigenvalue weighted by Gasteiger charge is 2.19. The number of nitrogens with zero attached hydrogens (tertiary/aromatic N) is 4. The standard InChI is InChI=1S/C58H36N4S/c1-2-14-39(15-3-1)58-59-50(38-28-26-37(27-29-38)40-30-31-49-48-20-8-13-25-56(48)63-57(49)34-40)36-51(60-58)41-32-42(61-52-21-9-4-16-44(52)45-17-5-10-22-53(45)61)35-43(33-41)62-54-23-11-6-18-46(54)47-19-7-12-24-55(47)62/h1-36H. The van der Waals surface area contributed by atoms with Gasteiger partial charge in [-0.3, -0.25) is 0 Å². The van der Waals surface area contributed by atoms with Crippen LogP contribution in [0.4, 0.5) is 0 Å². The van der Waals surface area contributed by atoms with Crippen LogP contribution in [0.15, 0.2) is 218 Å². The molecule has 0 bridgehead atoms. The van der Waals surface area contributed by atoms with Crippen LogP contribution in [-0.2, 0) is 0 Å². The lowest BCUT2D eigenvalue weighted by molar-refractivity contribution is 1.13. The number of hydrogen-bond acceptors (Lipinski definition) is 3. The van der Waals surface area contributed by atoms with Crippen LogP contribution in [0.3, 0.4) is 0 Å². The summed E-state index contributed by atoms with van der Waals surface area (Å²) in [4.78, 5) is 10.6. The molecule has 0 N–H and O–H groups in total. The summed E-state index contributed by atoms with van der Waals surface area (Å²) in [6.07, 6.45) is 0. The second-order valence-electron chi connectivity index (χ2n) is 16.2. The minimum atomic E-state index is 0.683. The highest BCUT2D eigenvalue weighted by molar-refractivity contribution is 7.25. The SMILES string of the molecule is c1ccc(-c2nc(-c3ccc(-c4ccc5c(c4)sc4ccccc45)cc3)cc(-c3cc(-n4c5ccccc5c5ccccc54)cc(-n4c5ccccc5c5ccccc54)c3)n2)cc1. The van der Waals surface area contributed by atoms with E-state index in [1.54, 1.807) is 0 Å². The van der Waals surface area contributed by atoms with Gasteiger partial charge in [-0.2, -0.15) is 0 Å². The first-order chi connectivity index (χ1) is 31.2. The van der Waals surface area contributed by atoms with Crippen molar-refractivity contribution >= 4 is 75.1 Å². The van der Waals surface area contributed by atoms with Gasteiger partial charge in [0.25, 0.3) is 0 Å². The second kappa shape index (κ2) is 14.2. The zero-order valence-corrected chi connectivity index (χ0v) is 34.8. The fourth-order valence-electron chi connectivity index (χ4n) is 9.60. The quantitative estimate of drug-likeness (QED) is 0.167. The van der Waals surface area contributed by atoms with Gasteiger partial charge in [-0.25, -0.2) is 9.97 Å². The predicted molar refractivity (Wildman–Crippen MR) is 265 cm³/mol. The number of hydrogen-bond donors (Lipinski definition) is 0. The van der Waals surface area contributed by atoms with Crippen molar-refractivity contribution in [1.82, 2.24) is 19.1 Å². The molecule has 0 spiro atoms. The number of aromatic nitrogens is 4. The maximum absolute atomic E-state index is 5.38. The van der Waals surface area contributed by atoms with E-state index < -0.39 is 0 Å². The molecule has 13 rings (SSSR count). The Labute approximate surface area is 367 Å². The molecule has 0 amide bonds. The predicted octanol–water partition coefficient (Wildman–Crippen LogP) is 15.7. The van der Waals surface area contributed by atoms with Gasteiger partial charge < -0.3 is 9.13 Å². The Kier molecular flexibility index (Phi) is 8.05. The van der Waals surface area contributed by atoms with Crippen LogP contribution in [0, 0.1) is 0 Å². The molecule has 0 aliphatic carbocycles. The third kappa shape index (κ3) is 5.82. The zero-order chi connectivity index (χ0) is 41.4. The molecule has 0 atom stereocenters. The molecule has 0 fully saturated rings. The van der Waals surface area contributed by atoms with Crippen LogP contribution in [0.1, 0.15) is 0 Å². The number of para-hydroxylation sites is 4. The largest absolute Gasteiger partial charge is 0.309 e. The van der Waals surface area contributed by atoms with Crippen LogP contribution in [0.2, 0.25) is 0 Å². The molecule has 294 valence electrons. The Hall–Kier alpha value is -8.12. The van der Waals surface area contributed by atoms with Crippen LogP contribution in [-0.4, -0.2) is 19.1 Å². The second-order valence-corrected chi connectivity index (χ2v) is 17.3. The summed E-state index contributed by atoms with van der Waals surface area (Å²) < 4.78 is 7.42. The Morgan fingerprint density at radius 3 is 1.30 bits per heavy atom. The van der Waals surface area contributed by atoms with Gasteiger partial charge in [-0.15, -0.1) is 11.3 Å². The summed E-state index contributed by atoms with van der Waals surface area (Å²) in [6, 6.07) is 78.6. The topological polar surface area (TPSA) is 35.6 Å². The maximum Gasteiger partial charge on any atom is 0.160 e. The first-order valence-electron chi connectivity index (χ1n) is 21.3. The average Bonchev–Trinajstić information content (AvgIpc) is 4.02. The van der Waals surface area contributed by atoms with E-state index in [0.717, 1.165) is 61.5 Å². The highest BCUT2D eigenvalue weighted by atomic mass is 32.1. The molecule has 0 saturated carbocycles. The Bertz CT molecular complexity index is 3670. The van der Waals surface area contributed by atoms with Gasteiger partial charge in [-0.05, 0) is 71.8 Å². The van der Waals surface area contributed by atoms with E-state index >= 15 is 0 Å². The van der Waals surface area contributed by atoms with E-state index in [1.807, 2.05) is 17.4 Å². The first kappa shape index (κ1) is 35.6. The first-order valence-corrected chi connectivity index (χ1v) is 22.1. The van der Waals surface area contributed by atoms with E-state index in [4.69, 9.17) is 9.97 Å². The van der Waals surface area contributed by atoms with E-state index in [9.17, 15) is 0 Å². The van der Waals surface area contributed by atoms with Crippen LogP contribution < -0.4 is 0 Å². The Balaban J connectivity index is 1.02. The van der Waals surface area contributed by atoms with Crippen molar-refractivity contribution < 1.29 is 0 Å². The third-order valence-corrected chi connectivity index (χ3v) is 13.7. The summed E-state index contributed by atoms with van der Waals surface area (Å²) in [5, 5.41) is 7.51. The zero-order valence-electron chi connectivity index (χ0n) is 34.0. The van der Waals surface area contributed by atoms with Crippen molar-refractivity contribution in [3.8, 4) is 56.4 Å². The Morgan fingerprint density at radius 2 is 0.730 bits per heavy atom. The molecule has 63 heavy (non-hydrogen) atoms. The van der Waals surface area contributed by atoms with E-state index in [2.05, 4.69) is 221 Å². The lowest BCUT2D eigenvalue weighted by Gasteiger charge is -2.16. The molecule has 4 nitrogen and oxygen atoms in total. The van der Waals surface area contributed by atoms with E-state index in [0.29, 0.717) is 5.82 Å². The van der Waals surface area contributed by atoms with Gasteiger partial charge in [0.2, 0.25) is 0 Å². The van der Waals surface area contributed by atoms with Gasteiger partial charge in [0.05, 0.1) is 33.5 Å². The molecule has 0 aliphatic heterocycles. The lowest BCUT2D eigenvalue weighted by atomic mass is 10.0. The fourth-order valence-corrected chi connectivity index (χ4v) is 10.7. The Morgan fingerprint density at radius 1 is 0.286 bits per heavy atom. The molecule has 0 saturated heterocycles. The average molecular weight is 821 g/mol. The molecule has 0 radical (unpaired) electrons. The van der Waals surface area contributed by atoms with Crippen LogP contribution in [0.25, 0.3) is 120 Å². The van der Waals surface area contributed by atoms with Crippen molar-refractivity contribution in [3.63, 3.8) is 0 Å². The molecule has 5 heteroatoms. The molecular formula is C58H36N4S. The van der Waals surface area contributed by atoms with Gasteiger partial charge in [0.1, 0.15) is 0 Å². The summed E-state index contributed by atoms with van der Waals surface area (Å²) in [5.41, 5.74) is 13.8. The summed E-state index contributed by atoms with van der Waals surface area (Å²) in [6.45, 7) is 0. The van der Waals surface area contributed by atoms with Crippen molar-refractivity contribution in [2.45, 2.75) is 0 Å². The van der Waals surface area contributed by atoms with Gasteiger partial charge in [-0.1, -0.05) is 158 Å². The number of thiophene rings is 1. The number of rotatable bonds is 6. The molecule has 4 heterocycles. The molecule has 9 aromatic carbocycles. The normalized spacial score (nSPS) is 11.8. The minimum Gasteiger partial charge on any atom is -0.309 e. The highest BCUT2D eigenvalue weighted by Crippen LogP contribution is 2.40. The lowest BCUT2D eigenvalue weighted by Crippen LogP contribution is -2.01. The molecular weight excluding hydrogens is 785 g/mol. The van der Waals surface area contributed by atoms with Crippen molar-refractivity contribution in [1.29, 1.82) is 0 Å². The summed E-state index contributed by atoms with van der Waals surface area (Å²) in [5.74, 6) is 0.683. The molecule has 4 aromatic heterocycles. The summed E-state index contributed by atoms with van der Waals surface area (Å²) in [7, 11) is 0. The van der Waals surface area contributed by atoms with Gasteiger partial charge in [0.15, 0.2) is 5.82 Å². The smallest absolute Gasteiger partial charge is 0.160 e. The minimum absolute atomic E-state index is 0.683. The number of fused-ring (bicyclic) bond motifs is 9. The van der Waals surface area contributed by atoms with E-state index in [-0.39, 0.29) is 0 Å². The fraction of sp³-hybridized carbons (Fsp3) is 0.